The van der Waals surface area contributed by atoms with E-state index in [1.54, 1.807) is 39.5 Å². The van der Waals surface area contributed by atoms with Crippen molar-refractivity contribution < 1.29 is 23.7 Å². The van der Waals surface area contributed by atoms with Gasteiger partial charge in [-0.3, -0.25) is 4.79 Å². The number of nitrogens with zero attached hydrogens (tertiary/aromatic N) is 2. The maximum Gasteiger partial charge on any atom is 0.251 e. The second kappa shape index (κ2) is 13.4. The second-order valence-corrected chi connectivity index (χ2v) is 8.83. The van der Waals surface area contributed by atoms with Gasteiger partial charge in [0, 0.05) is 18.5 Å². The highest BCUT2D eigenvalue weighted by atomic mass is 16.5. The lowest BCUT2D eigenvalue weighted by molar-refractivity contribution is 0.0952. The molecule has 3 aromatic carbocycles. The van der Waals surface area contributed by atoms with Crippen LogP contribution in [0, 0.1) is 0 Å². The van der Waals surface area contributed by atoms with Crippen molar-refractivity contribution in [1.82, 2.24) is 14.9 Å². The Morgan fingerprint density at radius 3 is 2.37 bits per heavy atom. The molecule has 38 heavy (non-hydrogen) atoms. The minimum absolute atomic E-state index is 0.121. The molecule has 8 heteroatoms. The van der Waals surface area contributed by atoms with E-state index in [1.807, 2.05) is 42.5 Å². The van der Waals surface area contributed by atoms with Crippen molar-refractivity contribution >= 4 is 16.9 Å². The van der Waals surface area contributed by atoms with Crippen LogP contribution in [0.1, 0.15) is 35.4 Å². The van der Waals surface area contributed by atoms with Gasteiger partial charge in [0.2, 0.25) is 0 Å². The van der Waals surface area contributed by atoms with Gasteiger partial charge >= 0.3 is 0 Å². The number of hydrogen-bond donors (Lipinski definition) is 1. The molecule has 0 aliphatic rings. The first-order valence-corrected chi connectivity index (χ1v) is 12.8. The summed E-state index contributed by atoms with van der Waals surface area (Å²) < 4.78 is 23.9. The van der Waals surface area contributed by atoms with Gasteiger partial charge in [0.25, 0.3) is 5.91 Å². The zero-order valence-electron chi connectivity index (χ0n) is 22.2. The topological polar surface area (TPSA) is 83.8 Å². The molecule has 0 spiro atoms. The summed E-state index contributed by atoms with van der Waals surface area (Å²) in [5.74, 6) is 3.69. The Morgan fingerprint density at radius 2 is 1.61 bits per heavy atom. The Morgan fingerprint density at radius 1 is 0.842 bits per heavy atom. The predicted octanol–water partition coefficient (Wildman–Crippen LogP) is 5.28. The quantitative estimate of drug-likeness (QED) is 0.229. The van der Waals surface area contributed by atoms with Gasteiger partial charge in [0.15, 0.2) is 11.5 Å². The summed E-state index contributed by atoms with van der Waals surface area (Å²) in [6, 6.07) is 21.0. The normalized spacial score (nSPS) is 10.8. The van der Waals surface area contributed by atoms with Gasteiger partial charge in [-0.25, -0.2) is 4.98 Å². The van der Waals surface area contributed by atoms with E-state index < -0.39 is 0 Å². The summed E-state index contributed by atoms with van der Waals surface area (Å²) in [6.45, 7) is 1.87. The summed E-state index contributed by atoms with van der Waals surface area (Å²) in [4.78, 5) is 17.4. The Labute approximate surface area is 223 Å². The van der Waals surface area contributed by atoms with Crippen LogP contribution in [0.4, 0.5) is 0 Å². The first kappa shape index (κ1) is 26.9. The van der Waals surface area contributed by atoms with Crippen LogP contribution < -0.4 is 24.3 Å². The van der Waals surface area contributed by atoms with Crippen LogP contribution in [0.5, 0.6) is 23.0 Å². The lowest BCUT2D eigenvalue weighted by atomic mass is 10.1. The Hall–Kier alpha value is -4.20. The van der Waals surface area contributed by atoms with Gasteiger partial charge in [-0.1, -0.05) is 18.6 Å². The molecule has 0 saturated heterocycles. The second-order valence-electron chi connectivity index (χ2n) is 8.83. The lowest BCUT2D eigenvalue weighted by Crippen LogP contribution is -2.24. The third kappa shape index (κ3) is 6.76. The van der Waals surface area contributed by atoms with Crippen LogP contribution in [0.2, 0.25) is 0 Å². The van der Waals surface area contributed by atoms with E-state index in [1.165, 1.54) is 0 Å². The Balaban J connectivity index is 1.26. The van der Waals surface area contributed by atoms with Crippen molar-refractivity contribution in [2.75, 3.05) is 34.5 Å². The largest absolute Gasteiger partial charge is 0.497 e. The molecule has 200 valence electrons. The molecule has 0 aliphatic carbocycles. The fourth-order valence-electron chi connectivity index (χ4n) is 4.36. The first-order chi connectivity index (χ1) is 18.6. The molecule has 0 fully saturated rings. The highest BCUT2D eigenvalue weighted by molar-refractivity contribution is 5.94. The Kier molecular flexibility index (Phi) is 9.45. The number of aryl methyl sites for hydroxylation is 1. The number of unbranched alkanes of at least 4 members (excludes halogenated alkanes) is 2. The van der Waals surface area contributed by atoms with Gasteiger partial charge < -0.3 is 28.8 Å². The smallest absolute Gasteiger partial charge is 0.251 e. The number of benzene rings is 3. The van der Waals surface area contributed by atoms with Crippen molar-refractivity contribution in [3.63, 3.8) is 0 Å². The zero-order chi connectivity index (χ0) is 26.7. The summed E-state index contributed by atoms with van der Waals surface area (Å²) in [5.41, 5.74) is 2.66. The number of amides is 1. The van der Waals surface area contributed by atoms with Crippen molar-refractivity contribution in [2.24, 2.45) is 0 Å². The van der Waals surface area contributed by atoms with Crippen molar-refractivity contribution in [3.05, 3.63) is 78.1 Å². The molecule has 8 nitrogen and oxygen atoms in total. The van der Waals surface area contributed by atoms with E-state index in [-0.39, 0.29) is 5.91 Å². The molecule has 1 heterocycles. The number of ether oxygens (including phenoxy) is 4. The monoisotopic (exact) mass is 517 g/mol. The zero-order valence-corrected chi connectivity index (χ0v) is 22.2. The molecule has 0 atom stereocenters. The number of para-hydroxylation sites is 2. The number of aromatic nitrogens is 2. The van der Waals surface area contributed by atoms with Crippen LogP contribution in [0.25, 0.3) is 11.0 Å². The lowest BCUT2D eigenvalue weighted by Gasteiger charge is -2.12. The van der Waals surface area contributed by atoms with Gasteiger partial charge in [-0.2, -0.15) is 0 Å². The number of imidazole rings is 1. The van der Waals surface area contributed by atoms with Gasteiger partial charge in [0.1, 0.15) is 23.9 Å². The van der Waals surface area contributed by atoms with Crippen molar-refractivity contribution in [2.45, 2.75) is 32.2 Å². The highest BCUT2D eigenvalue weighted by Crippen LogP contribution is 2.27. The van der Waals surface area contributed by atoms with Gasteiger partial charge in [0.05, 0.1) is 38.9 Å². The molecule has 1 aromatic heterocycles. The van der Waals surface area contributed by atoms with E-state index in [4.69, 9.17) is 23.9 Å². The highest BCUT2D eigenvalue weighted by Gasteiger charge is 2.12. The maximum absolute atomic E-state index is 12.5. The van der Waals surface area contributed by atoms with E-state index >= 15 is 0 Å². The fourth-order valence-corrected chi connectivity index (χ4v) is 4.36. The number of hydrogen-bond acceptors (Lipinski definition) is 6. The average Bonchev–Trinajstić information content (AvgIpc) is 3.31. The van der Waals surface area contributed by atoms with E-state index in [2.05, 4.69) is 16.0 Å². The van der Waals surface area contributed by atoms with Gasteiger partial charge in [-0.05, 0) is 67.4 Å². The summed E-state index contributed by atoms with van der Waals surface area (Å²) in [7, 11) is 4.78. The van der Waals surface area contributed by atoms with Crippen LogP contribution >= 0.6 is 0 Å². The van der Waals surface area contributed by atoms with E-state index in [9.17, 15) is 4.79 Å². The average molecular weight is 518 g/mol. The molecule has 0 bridgehead atoms. The van der Waals surface area contributed by atoms with Crippen LogP contribution in [-0.2, 0) is 13.0 Å². The van der Waals surface area contributed by atoms with Crippen LogP contribution in [0.15, 0.2) is 66.7 Å². The molecule has 0 unspecified atom stereocenters. The van der Waals surface area contributed by atoms with Crippen molar-refractivity contribution in [1.29, 1.82) is 0 Å². The minimum Gasteiger partial charge on any atom is -0.497 e. The summed E-state index contributed by atoms with van der Waals surface area (Å²) in [6.07, 6.45) is 3.72. The standard InChI is InChI=1S/C30H35N3O5/c1-35-23-13-15-24(16-14-23)38-20-19-33-26-10-7-6-9-25(26)32-29(33)11-5-4-8-18-31-30(34)22-12-17-27(36-2)28(21-22)37-3/h6-7,9-10,12-17,21H,4-5,8,11,18-20H2,1-3H3,(H,31,34). The van der Waals surface area contributed by atoms with Gasteiger partial charge in [-0.15, -0.1) is 0 Å². The number of rotatable bonds is 14. The third-order valence-corrected chi connectivity index (χ3v) is 6.39. The van der Waals surface area contributed by atoms with E-state index in [0.29, 0.717) is 36.8 Å². The van der Waals surface area contributed by atoms with Crippen LogP contribution in [-0.4, -0.2) is 49.9 Å². The maximum atomic E-state index is 12.5. The molecule has 4 rings (SSSR count). The Bertz CT molecular complexity index is 1330. The molecular weight excluding hydrogens is 482 g/mol. The molecule has 4 aromatic rings. The fraction of sp³-hybridized carbons (Fsp3) is 0.333. The molecule has 1 N–H and O–H groups in total. The SMILES string of the molecule is COc1ccc(OCCn2c(CCCCCNC(=O)c3ccc(OC)c(OC)c3)nc3ccccc32)cc1. The predicted molar refractivity (Wildman–Crippen MR) is 148 cm³/mol. The van der Waals surface area contributed by atoms with Crippen LogP contribution in [0.3, 0.4) is 0 Å². The van der Waals surface area contributed by atoms with Crippen molar-refractivity contribution in [3.8, 4) is 23.0 Å². The molecule has 0 radical (unpaired) electrons. The third-order valence-electron chi connectivity index (χ3n) is 6.39. The molecule has 0 aliphatic heterocycles. The number of carbonyl (C=O) groups excluding carboxylic acids is 1. The number of nitrogens with one attached hydrogen (secondary N) is 1. The van der Waals surface area contributed by atoms with E-state index in [0.717, 1.165) is 54.0 Å². The molecule has 0 saturated carbocycles. The molecular formula is C30H35N3O5. The number of carbonyl (C=O) groups is 1. The number of methoxy groups -OCH3 is 3. The molecule has 1 amide bonds. The summed E-state index contributed by atoms with van der Waals surface area (Å²) >= 11 is 0. The number of fused-ring (bicyclic) bond motifs is 1. The first-order valence-electron chi connectivity index (χ1n) is 12.8. The minimum atomic E-state index is -0.121. The summed E-state index contributed by atoms with van der Waals surface area (Å²) in [5, 5.41) is 2.99.